The summed E-state index contributed by atoms with van der Waals surface area (Å²) in [6.07, 6.45) is -4.52. The third-order valence-electron chi connectivity index (χ3n) is 3.31. The maximum absolute atomic E-state index is 12.9. The molecule has 0 saturated heterocycles. The molecule has 124 valence electrons. The molecular formula is C15H15F3N2O3. The molecule has 0 aromatic heterocycles. The maximum atomic E-state index is 12.9. The van der Waals surface area contributed by atoms with Crippen LogP contribution in [0.3, 0.4) is 0 Å². The standard InChI is InChI=1S/C15H15F3N2O3/c1-3-23-13(21)11-8(2)19-14(22)20-12(11)9-5-4-6-10(7-9)15(16,17)18/h4-7,12H,3H2,1-2H3,(H2,19,20,22)/t12-/m0/s1. The number of halogens is 3. The van der Waals surface area contributed by atoms with E-state index in [0.29, 0.717) is 0 Å². The van der Waals surface area contributed by atoms with Crippen LogP contribution in [0.1, 0.15) is 31.0 Å². The molecule has 0 bridgehead atoms. The van der Waals surface area contributed by atoms with Crippen molar-refractivity contribution < 1.29 is 27.5 Å². The lowest BCUT2D eigenvalue weighted by Crippen LogP contribution is -2.45. The van der Waals surface area contributed by atoms with Crippen molar-refractivity contribution in [1.29, 1.82) is 0 Å². The highest BCUT2D eigenvalue weighted by molar-refractivity contribution is 5.95. The fourth-order valence-electron chi connectivity index (χ4n) is 2.32. The quantitative estimate of drug-likeness (QED) is 0.839. The molecule has 0 unspecified atom stereocenters. The zero-order valence-electron chi connectivity index (χ0n) is 12.5. The monoisotopic (exact) mass is 328 g/mol. The third kappa shape index (κ3) is 3.64. The average Bonchev–Trinajstić information content (AvgIpc) is 2.45. The SMILES string of the molecule is CCOC(=O)C1=C(C)NC(=O)N[C@H]1c1cccc(C(F)(F)F)c1. The van der Waals surface area contributed by atoms with Crippen LogP contribution in [0.5, 0.6) is 0 Å². The summed E-state index contributed by atoms with van der Waals surface area (Å²) < 4.78 is 43.5. The molecule has 1 atom stereocenters. The van der Waals surface area contributed by atoms with Crippen molar-refractivity contribution in [1.82, 2.24) is 10.6 Å². The van der Waals surface area contributed by atoms with Crippen LogP contribution in [0.25, 0.3) is 0 Å². The Bertz CT molecular complexity index is 668. The van der Waals surface area contributed by atoms with E-state index < -0.39 is 29.8 Å². The second-order valence-corrected chi connectivity index (χ2v) is 4.91. The summed E-state index contributed by atoms with van der Waals surface area (Å²) in [4.78, 5) is 23.7. The van der Waals surface area contributed by atoms with Gasteiger partial charge in [0.2, 0.25) is 0 Å². The number of alkyl halides is 3. The number of hydrogen-bond donors (Lipinski definition) is 2. The Labute approximate surface area is 130 Å². The number of urea groups is 1. The van der Waals surface area contributed by atoms with Gasteiger partial charge in [0.05, 0.1) is 23.8 Å². The Kier molecular flexibility index (Phi) is 4.63. The number of esters is 1. The van der Waals surface area contributed by atoms with Gasteiger partial charge in [0.1, 0.15) is 0 Å². The summed E-state index contributed by atoms with van der Waals surface area (Å²) >= 11 is 0. The van der Waals surface area contributed by atoms with E-state index in [-0.39, 0.29) is 23.4 Å². The molecule has 1 heterocycles. The van der Waals surface area contributed by atoms with Gasteiger partial charge >= 0.3 is 18.2 Å². The summed E-state index contributed by atoms with van der Waals surface area (Å²) in [5, 5.41) is 4.87. The Hall–Kier alpha value is -2.51. The van der Waals surface area contributed by atoms with E-state index in [1.807, 2.05) is 0 Å². The van der Waals surface area contributed by atoms with E-state index in [1.54, 1.807) is 6.92 Å². The van der Waals surface area contributed by atoms with E-state index in [2.05, 4.69) is 10.6 Å². The van der Waals surface area contributed by atoms with Gasteiger partial charge in [0, 0.05) is 5.70 Å². The summed E-state index contributed by atoms with van der Waals surface area (Å²) in [5.41, 5.74) is -0.388. The first-order valence-electron chi connectivity index (χ1n) is 6.86. The highest BCUT2D eigenvalue weighted by atomic mass is 19.4. The number of carbonyl (C=O) groups excluding carboxylic acids is 2. The number of benzene rings is 1. The first-order valence-corrected chi connectivity index (χ1v) is 6.86. The van der Waals surface area contributed by atoms with Crippen LogP contribution >= 0.6 is 0 Å². The topological polar surface area (TPSA) is 67.4 Å². The summed E-state index contributed by atoms with van der Waals surface area (Å²) in [5.74, 6) is -0.695. The van der Waals surface area contributed by atoms with Gasteiger partial charge in [-0.1, -0.05) is 12.1 Å². The number of ether oxygens (including phenoxy) is 1. The molecule has 0 aliphatic carbocycles. The van der Waals surface area contributed by atoms with Crippen LogP contribution in [0.2, 0.25) is 0 Å². The van der Waals surface area contributed by atoms with Gasteiger partial charge in [-0.05, 0) is 31.5 Å². The minimum Gasteiger partial charge on any atom is -0.463 e. The zero-order chi connectivity index (χ0) is 17.2. The molecule has 8 heteroatoms. The van der Waals surface area contributed by atoms with E-state index in [1.165, 1.54) is 19.1 Å². The van der Waals surface area contributed by atoms with Gasteiger partial charge < -0.3 is 15.4 Å². The lowest BCUT2D eigenvalue weighted by atomic mass is 9.94. The van der Waals surface area contributed by atoms with E-state index in [9.17, 15) is 22.8 Å². The van der Waals surface area contributed by atoms with Crippen molar-refractivity contribution in [2.45, 2.75) is 26.1 Å². The van der Waals surface area contributed by atoms with Crippen molar-refractivity contribution in [2.24, 2.45) is 0 Å². The number of carbonyl (C=O) groups is 2. The lowest BCUT2D eigenvalue weighted by molar-refractivity contribution is -0.139. The zero-order valence-corrected chi connectivity index (χ0v) is 12.5. The average molecular weight is 328 g/mol. The Balaban J connectivity index is 2.48. The fourth-order valence-corrected chi connectivity index (χ4v) is 2.32. The maximum Gasteiger partial charge on any atom is 0.416 e. The van der Waals surface area contributed by atoms with Crippen LogP contribution in [-0.4, -0.2) is 18.6 Å². The molecule has 23 heavy (non-hydrogen) atoms. The molecule has 0 radical (unpaired) electrons. The third-order valence-corrected chi connectivity index (χ3v) is 3.31. The number of rotatable bonds is 3. The van der Waals surface area contributed by atoms with Crippen LogP contribution in [0, 0.1) is 0 Å². The van der Waals surface area contributed by atoms with Crippen molar-refractivity contribution in [3.05, 3.63) is 46.7 Å². The molecule has 1 aliphatic rings. The van der Waals surface area contributed by atoms with Crippen molar-refractivity contribution >= 4 is 12.0 Å². The fraction of sp³-hybridized carbons (Fsp3) is 0.333. The molecule has 1 aromatic carbocycles. The van der Waals surface area contributed by atoms with Gasteiger partial charge in [-0.15, -0.1) is 0 Å². The molecular weight excluding hydrogens is 313 g/mol. The molecule has 1 aliphatic heterocycles. The molecule has 0 spiro atoms. The van der Waals surface area contributed by atoms with E-state index in [0.717, 1.165) is 12.1 Å². The van der Waals surface area contributed by atoms with E-state index in [4.69, 9.17) is 4.74 Å². The molecule has 5 nitrogen and oxygen atoms in total. The largest absolute Gasteiger partial charge is 0.463 e. The van der Waals surface area contributed by atoms with Crippen LogP contribution < -0.4 is 10.6 Å². The Morgan fingerprint density at radius 1 is 1.35 bits per heavy atom. The van der Waals surface area contributed by atoms with Gasteiger partial charge in [-0.3, -0.25) is 0 Å². The first-order chi connectivity index (χ1) is 10.7. The number of amides is 2. The van der Waals surface area contributed by atoms with Crippen LogP contribution in [0.15, 0.2) is 35.5 Å². The highest BCUT2D eigenvalue weighted by Gasteiger charge is 2.35. The lowest BCUT2D eigenvalue weighted by Gasteiger charge is -2.28. The smallest absolute Gasteiger partial charge is 0.416 e. The molecule has 0 saturated carbocycles. The second-order valence-electron chi connectivity index (χ2n) is 4.91. The van der Waals surface area contributed by atoms with Gasteiger partial charge in [-0.25, -0.2) is 9.59 Å². The minimum absolute atomic E-state index is 0.0748. The molecule has 0 fully saturated rings. The van der Waals surface area contributed by atoms with E-state index >= 15 is 0 Å². The predicted octanol–water partition coefficient (Wildman–Crippen LogP) is 2.90. The van der Waals surface area contributed by atoms with Crippen molar-refractivity contribution in [3.8, 4) is 0 Å². The Morgan fingerprint density at radius 3 is 2.65 bits per heavy atom. The van der Waals surface area contributed by atoms with Gasteiger partial charge in [0.15, 0.2) is 0 Å². The summed E-state index contributed by atoms with van der Waals surface area (Å²) in [6.45, 7) is 3.21. The normalized spacial score (nSPS) is 18.3. The molecule has 2 amide bonds. The summed E-state index contributed by atoms with van der Waals surface area (Å²) in [6, 6.07) is 2.86. The van der Waals surface area contributed by atoms with Crippen molar-refractivity contribution in [2.75, 3.05) is 6.61 Å². The second kappa shape index (κ2) is 6.31. The first kappa shape index (κ1) is 16.9. The molecule has 2 rings (SSSR count). The number of nitrogens with one attached hydrogen (secondary N) is 2. The van der Waals surface area contributed by atoms with Crippen LogP contribution in [0.4, 0.5) is 18.0 Å². The van der Waals surface area contributed by atoms with Crippen molar-refractivity contribution in [3.63, 3.8) is 0 Å². The number of allylic oxidation sites excluding steroid dienone is 1. The van der Waals surface area contributed by atoms with Gasteiger partial charge in [-0.2, -0.15) is 13.2 Å². The minimum atomic E-state index is -4.52. The Morgan fingerprint density at radius 2 is 2.04 bits per heavy atom. The molecule has 1 aromatic rings. The highest BCUT2D eigenvalue weighted by Crippen LogP contribution is 2.33. The molecule has 2 N–H and O–H groups in total. The summed E-state index contributed by atoms with van der Waals surface area (Å²) in [7, 11) is 0. The van der Waals surface area contributed by atoms with Gasteiger partial charge in [0.25, 0.3) is 0 Å². The number of hydrogen-bond acceptors (Lipinski definition) is 3. The predicted molar refractivity (Wildman–Crippen MR) is 75.2 cm³/mol. The van der Waals surface area contributed by atoms with Crippen LogP contribution in [-0.2, 0) is 15.7 Å².